The molecule has 0 bridgehead atoms. The van der Waals surface area contributed by atoms with Gasteiger partial charge in [-0.1, -0.05) is 39.8 Å². The van der Waals surface area contributed by atoms with Crippen LogP contribution in [0.15, 0.2) is 42.5 Å². The second-order valence-corrected chi connectivity index (χ2v) is 5.57. The van der Waals surface area contributed by atoms with E-state index in [-0.39, 0.29) is 11.7 Å². The van der Waals surface area contributed by atoms with Crippen LogP contribution in [0.2, 0.25) is 0 Å². The molecule has 21 heavy (non-hydrogen) atoms. The van der Waals surface area contributed by atoms with Crippen LogP contribution < -0.4 is 0 Å². The van der Waals surface area contributed by atoms with Crippen molar-refractivity contribution >= 4 is 0 Å². The van der Waals surface area contributed by atoms with E-state index in [1.165, 1.54) is 18.2 Å². The van der Waals surface area contributed by atoms with Crippen LogP contribution in [0.1, 0.15) is 50.7 Å². The van der Waals surface area contributed by atoms with Crippen molar-refractivity contribution < 1.29 is 13.2 Å². The molecule has 0 atom stereocenters. The highest BCUT2D eigenvalue weighted by Gasteiger charge is 2.03. The predicted octanol–water partition coefficient (Wildman–Crippen LogP) is 6.04. The van der Waals surface area contributed by atoms with Gasteiger partial charge in [0.2, 0.25) is 0 Å². The number of rotatable bonds is 2. The van der Waals surface area contributed by atoms with E-state index in [4.69, 9.17) is 0 Å². The molecule has 114 valence electrons. The summed E-state index contributed by atoms with van der Waals surface area (Å²) in [5, 5.41) is 0. The summed E-state index contributed by atoms with van der Waals surface area (Å²) in [5.74, 6) is -0.579. The zero-order valence-electron chi connectivity index (χ0n) is 12.8. The fourth-order valence-electron chi connectivity index (χ4n) is 1.77. The van der Waals surface area contributed by atoms with Crippen LogP contribution in [0.5, 0.6) is 0 Å². The summed E-state index contributed by atoms with van der Waals surface area (Å²) in [4.78, 5) is 0. The second kappa shape index (κ2) is 7.87. The SMILES string of the molecule is CC(C)c1cc(F)cc(F)c1.CC(C)c1cccc(F)c1. The lowest BCUT2D eigenvalue weighted by Crippen LogP contribution is -1.90. The first-order valence-electron chi connectivity index (χ1n) is 7.01. The molecule has 0 fully saturated rings. The zero-order valence-corrected chi connectivity index (χ0v) is 12.8. The van der Waals surface area contributed by atoms with Crippen molar-refractivity contribution in [1.82, 2.24) is 0 Å². The number of hydrogen-bond donors (Lipinski definition) is 0. The Morgan fingerprint density at radius 1 is 0.619 bits per heavy atom. The number of hydrogen-bond acceptors (Lipinski definition) is 0. The van der Waals surface area contributed by atoms with Gasteiger partial charge in [0.1, 0.15) is 17.5 Å². The molecule has 0 aliphatic heterocycles. The topological polar surface area (TPSA) is 0 Å². The Hall–Kier alpha value is -1.77. The van der Waals surface area contributed by atoms with Crippen molar-refractivity contribution in [2.75, 3.05) is 0 Å². The van der Waals surface area contributed by atoms with Crippen molar-refractivity contribution in [3.63, 3.8) is 0 Å². The Morgan fingerprint density at radius 2 is 1.10 bits per heavy atom. The molecule has 0 nitrogen and oxygen atoms in total. The fourth-order valence-corrected chi connectivity index (χ4v) is 1.77. The molecule has 2 aromatic rings. The minimum atomic E-state index is -0.506. The standard InChI is InChI=1S/C9H10F2.C9H11F/c1-6(2)7-3-8(10)5-9(11)4-7;1-7(2)8-4-3-5-9(10)6-8/h3-6H,1-2H3;3-7H,1-2H3. The van der Waals surface area contributed by atoms with E-state index in [1.54, 1.807) is 12.1 Å². The van der Waals surface area contributed by atoms with Gasteiger partial charge < -0.3 is 0 Å². The molecule has 0 aliphatic carbocycles. The highest BCUT2D eigenvalue weighted by atomic mass is 19.1. The highest BCUT2D eigenvalue weighted by Crippen LogP contribution is 2.16. The van der Waals surface area contributed by atoms with Crippen LogP contribution in [0.4, 0.5) is 13.2 Å². The van der Waals surface area contributed by atoms with Gasteiger partial charge >= 0.3 is 0 Å². The molecule has 0 unspecified atom stereocenters. The molecule has 3 heteroatoms. The summed E-state index contributed by atoms with van der Waals surface area (Å²) in [7, 11) is 0. The fraction of sp³-hybridized carbons (Fsp3) is 0.333. The van der Waals surface area contributed by atoms with E-state index in [9.17, 15) is 13.2 Å². The van der Waals surface area contributed by atoms with Gasteiger partial charge in [-0.2, -0.15) is 0 Å². The van der Waals surface area contributed by atoms with Gasteiger partial charge in [-0.25, -0.2) is 13.2 Å². The average Bonchev–Trinajstić information content (AvgIpc) is 2.38. The Kier molecular flexibility index (Phi) is 6.47. The van der Waals surface area contributed by atoms with E-state index in [0.29, 0.717) is 11.5 Å². The largest absolute Gasteiger partial charge is 0.207 e. The van der Waals surface area contributed by atoms with Gasteiger partial charge in [-0.3, -0.25) is 0 Å². The van der Waals surface area contributed by atoms with Gasteiger partial charge in [0.05, 0.1) is 0 Å². The van der Waals surface area contributed by atoms with Crippen LogP contribution in [0, 0.1) is 17.5 Å². The van der Waals surface area contributed by atoms with E-state index in [0.717, 1.165) is 11.6 Å². The first kappa shape index (κ1) is 17.3. The van der Waals surface area contributed by atoms with Crippen molar-refractivity contribution in [1.29, 1.82) is 0 Å². The first-order chi connectivity index (χ1) is 9.79. The van der Waals surface area contributed by atoms with Crippen molar-refractivity contribution in [2.45, 2.75) is 39.5 Å². The maximum Gasteiger partial charge on any atom is 0.126 e. The van der Waals surface area contributed by atoms with Gasteiger partial charge in [-0.15, -0.1) is 0 Å². The molecule has 2 aromatic carbocycles. The molecule has 0 heterocycles. The third-order valence-corrected chi connectivity index (χ3v) is 3.07. The van der Waals surface area contributed by atoms with Crippen LogP contribution in [-0.2, 0) is 0 Å². The van der Waals surface area contributed by atoms with Crippen LogP contribution >= 0.6 is 0 Å². The second-order valence-electron chi connectivity index (χ2n) is 5.57. The summed E-state index contributed by atoms with van der Waals surface area (Å²) < 4.78 is 37.6. The van der Waals surface area contributed by atoms with Crippen LogP contribution in [0.3, 0.4) is 0 Å². The molecule has 0 amide bonds. The number of benzene rings is 2. The quantitative estimate of drug-likeness (QED) is 0.633. The Morgan fingerprint density at radius 3 is 1.48 bits per heavy atom. The number of halogens is 3. The molecule has 0 spiro atoms. The Bertz CT molecular complexity index is 554. The maximum absolute atomic E-state index is 12.5. The highest BCUT2D eigenvalue weighted by molar-refractivity contribution is 5.20. The van der Waals surface area contributed by atoms with Crippen LogP contribution in [-0.4, -0.2) is 0 Å². The van der Waals surface area contributed by atoms with Crippen molar-refractivity contribution in [3.8, 4) is 0 Å². The molecule has 0 radical (unpaired) electrons. The molecular formula is C18H21F3. The minimum absolute atomic E-state index is 0.147. The average molecular weight is 294 g/mol. The molecule has 0 saturated heterocycles. The third-order valence-electron chi connectivity index (χ3n) is 3.07. The summed E-state index contributed by atoms with van der Waals surface area (Å²) >= 11 is 0. The lowest BCUT2D eigenvalue weighted by molar-refractivity contribution is 0.577. The molecular weight excluding hydrogens is 273 g/mol. The molecule has 2 rings (SSSR count). The molecule has 0 saturated carbocycles. The van der Waals surface area contributed by atoms with Gasteiger partial charge in [0.25, 0.3) is 0 Å². The minimum Gasteiger partial charge on any atom is -0.207 e. The lowest BCUT2D eigenvalue weighted by Gasteiger charge is -2.04. The zero-order chi connectivity index (χ0) is 16.0. The van der Waals surface area contributed by atoms with Gasteiger partial charge in [0.15, 0.2) is 0 Å². The summed E-state index contributed by atoms with van der Waals surface area (Å²) in [6.07, 6.45) is 0. The van der Waals surface area contributed by atoms with Crippen molar-refractivity contribution in [2.24, 2.45) is 0 Å². The predicted molar refractivity (Wildman–Crippen MR) is 80.9 cm³/mol. The maximum atomic E-state index is 12.5. The summed E-state index contributed by atoms with van der Waals surface area (Å²) in [6, 6.07) is 10.3. The molecule has 0 N–H and O–H groups in total. The van der Waals surface area contributed by atoms with E-state index in [1.807, 2.05) is 19.9 Å². The smallest absolute Gasteiger partial charge is 0.126 e. The van der Waals surface area contributed by atoms with Gasteiger partial charge in [-0.05, 0) is 47.2 Å². The monoisotopic (exact) mass is 294 g/mol. The van der Waals surface area contributed by atoms with E-state index >= 15 is 0 Å². The van der Waals surface area contributed by atoms with Crippen LogP contribution in [0.25, 0.3) is 0 Å². The normalized spacial score (nSPS) is 10.5. The van der Waals surface area contributed by atoms with Gasteiger partial charge in [0, 0.05) is 6.07 Å². The first-order valence-corrected chi connectivity index (χ1v) is 7.01. The third kappa shape index (κ3) is 6.03. The Balaban J connectivity index is 0.000000211. The Labute approximate surface area is 124 Å². The van der Waals surface area contributed by atoms with E-state index < -0.39 is 11.6 Å². The summed E-state index contributed by atoms with van der Waals surface area (Å²) in [5.41, 5.74) is 1.75. The van der Waals surface area contributed by atoms with Crippen molar-refractivity contribution in [3.05, 3.63) is 71.0 Å². The molecule has 0 aromatic heterocycles. The molecule has 0 aliphatic rings. The van der Waals surface area contributed by atoms with E-state index in [2.05, 4.69) is 13.8 Å². The lowest BCUT2D eigenvalue weighted by atomic mass is 10.0. The summed E-state index contributed by atoms with van der Waals surface area (Å²) in [6.45, 7) is 7.89.